The lowest BCUT2D eigenvalue weighted by atomic mass is 9.92. The van der Waals surface area contributed by atoms with Crippen LogP contribution >= 0.6 is 0 Å². The number of carbonyl (C=O) groups is 2. The third-order valence-electron chi connectivity index (χ3n) is 5.61. The van der Waals surface area contributed by atoms with Crippen LogP contribution in [0.4, 0.5) is 10.6 Å². The molecule has 3 N–H and O–H groups in total. The molecular formula is C29H38N4O3. The van der Waals surface area contributed by atoms with E-state index in [0.29, 0.717) is 17.9 Å². The van der Waals surface area contributed by atoms with Gasteiger partial charge in [-0.3, -0.25) is 10.1 Å². The average molecular weight is 491 g/mol. The molecule has 2 amide bonds. The van der Waals surface area contributed by atoms with Gasteiger partial charge in [-0.15, -0.1) is 0 Å². The second-order valence-corrected chi connectivity index (χ2v) is 9.53. The first-order valence-electron chi connectivity index (χ1n) is 12.2. The SMILES string of the molecule is C=C/C(C)=C(/C=C\CC)C(=C/C)\NC(=O)Nc1cc(C(C)(C)C)nn1-c1ccc(CCC(=O)O)cc1. The van der Waals surface area contributed by atoms with Crippen molar-refractivity contribution in [3.8, 4) is 5.69 Å². The molecule has 2 rings (SSSR count). The second-order valence-electron chi connectivity index (χ2n) is 9.53. The Morgan fingerprint density at radius 1 is 1.19 bits per heavy atom. The Balaban J connectivity index is 2.36. The molecule has 1 heterocycles. The van der Waals surface area contributed by atoms with E-state index in [1.807, 2.05) is 62.4 Å². The van der Waals surface area contributed by atoms with Crippen LogP contribution in [0.2, 0.25) is 0 Å². The summed E-state index contributed by atoms with van der Waals surface area (Å²) in [6.07, 6.45) is 9.05. The molecule has 36 heavy (non-hydrogen) atoms. The molecular weight excluding hydrogens is 452 g/mol. The number of hydrogen-bond acceptors (Lipinski definition) is 3. The van der Waals surface area contributed by atoms with E-state index < -0.39 is 5.97 Å². The van der Waals surface area contributed by atoms with Gasteiger partial charge in [-0.1, -0.05) is 70.7 Å². The normalized spacial score (nSPS) is 12.9. The maximum absolute atomic E-state index is 13.1. The van der Waals surface area contributed by atoms with E-state index in [2.05, 4.69) is 44.9 Å². The van der Waals surface area contributed by atoms with Crippen LogP contribution in [0.5, 0.6) is 0 Å². The van der Waals surface area contributed by atoms with Gasteiger partial charge in [0.05, 0.1) is 11.4 Å². The highest BCUT2D eigenvalue weighted by molar-refractivity contribution is 5.90. The molecule has 2 aromatic rings. The number of allylic oxidation sites excluding steroid dienone is 5. The number of benzene rings is 1. The summed E-state index contributed by atoms with van der Waals surface area (Å²) in [6.45, 7) is 15.9. The Morgan fingerprint density at radius 3 is 2.39 bits per heavy atom. The van der Waals surface area contributed by atoms with Crippen molar-refractivity contribution in [2.45, 2.75) is 66.2 Å². The van der Waals surface area contributed by atoms with Crippen LogP contribution in [-0.2, 0) is 16.6 Å². The second kappa shape index (κ2) is 12.7. The van der Waals surface area contributed by atoms with Crippen LogP contribution in [0.1, 0.15) is 65.6 Å². The zero-order valence-electron chi connectivity index (χ0n) is 22.2. The average Bonchev–Trinajstić information content (AvgIpc) is 3.26. The van der Waals surface area contributed by atoms with Gasteiger partial charge in [-0.05, 0) is 50.0 Å². The van der Waals surface area contributed by atoms with Crippen LogP contribution < -0.4 is 10.6 Å². The quantitative estimate of drug-likeness (QED) is 0.324. The molecule has 7 heteroatoms. The van der Waals surface area contributed by atoms with Crippen molar-refractivity contribution in [3.05, 3.63) is 89.3 Å². The van der Waals surface area contributed by atoms with E-state index in [0.717, 1.165) is 34.5 Å². The minimum atomic E-state index is -0.828. The molecule has 0 unspecified atom stereocenters. The molecule has 0 aliphatic carbocycles. The van der Waals surface area contributed by atoms with E-state index in [9.17, 15) is 9.59 Å². The van der Waals surface area contributed by atoms with Crippen molar-refractivity contribution in [1.29, 1.82) is 0 Å². The van der Waals surface area contributed by atoms with Gasteiger partial charge in [-0.2, -0.15) is 5.10 Å². The molecule has 0 saturated heterocycles. The minimum absolute atomic E-state index is 0.0742. The number of amides is 2. The van der Waals surface area contributed by atoms with Gasteiger partial charge in [0.2, 0.25) is 0 Å². The standard InChI is InChI=1S/C29H38N4O3/c1-8-11-12-23(20(4)9-2)24(10-3)30-28(36)31-26-19-25(29(5,6)7)32-33(26)22-16-13-21(14-17-22)15-18-27(34)35/h9-14,16-17,19H,2,8,15,18H2,1,3-7H3,(H,34,35)(H2,30,31,36)/b12-11-,23-20-,24-10+. The summed E-state index contributed by atoms with van der Waals surface area (Å²) in [6, 6.07) is 9.00. The predicted molar refractivity (Wildman–Crippen MR) is 146 cm³/mol. The monoisotopic (exact) mass is 490 g/mol. The van der Waals surface area contributed by atoms with Crippen molar-refractivity contribution >= 4 is 17.8 Å². The molecule has 0 fully saturated rings. The Hall–Kier alpha value is -3.87. The largest absolute Gasteiger partial charge is 0.481 e. The topological polar surface area (TPSA) is 96.3 Å². The summed E-state index contributed by atoms with van der Waals surface area (Å²) in [5, 5.41) is 19.6. The van der Waals surface area contributed by atoms with Crippen molar-refractivity contribution < 1.29 is 14.7 Å². The third kappa shape index (κ3) is 7.83. The number of urea groups is 1. The lowest BCUT2D eigenvalue weighted by Crippen LogP contribution is -2.29. The highest BCUT2D eigenvalue weighted by Gasteiger charge is 2.22. The summed E-state index contributed by atoms with van der Waals surface area (Å²) in [5.41, 5.74) is 4.82. The van der Waals surface area contributed by atoms with Crippen molar-refractivity contribution in [2.24, 2.45) is 0 Å². The number of nitrogens with zero attached hydrogens (tertiary/aromatic N) is 2. The molecule has 1 aromatic carbocycles. The van der Waals surface area contributed by atoms with Gasteiger partial charge in [0.25, 0.3) is 0 Å². The fourth-order valence-electron chi connectivity index (χ4n) is 3.43. The number of aromatic nitrogens is 2. The number of carboxylic acids is 1. The van der Waals surface area contributed by atoms with Crippen LogP contribution in [0.25, 0.3) is 5.69 Å². The van der Waals surface area contributed by atoms with E-state index >= 15 is 0 Å². The maximum Gasteiger partial charge on any atom is 0.324 e. The van der Waals surface area contributed by atoms with Crippen LogP contribution in [0, 0.1) is 0 Å². The lowest BCUT2D eigenvalue weighted by Gasteiger charge is -2.15. The number of aryl methyl sites for hydroxylation is 1. The van der Waals surface area contributed by atoms with E-state index in [1.54, 1.807) is 10.8 Å². The summed E-state index contributed by atoms with van der Waals surface area (Å²) >= 11 is 0. The first-order chi connectivity index (χ1) is 17.0. The van der Waals surface area contributed by atoms with E-state index in [4.69, 9.17) is 10.2 Å². The van der Waals surface area contributed by atoms with Gasteiger partial charge < -0.3 is 10.4 Å². The highest BCUT2D eigenvalue weighted by atomic mass is 16.4. The van der Waals surface area contributed by atoms with Gasteiger partial charge in [0.1, 0.15) is 5.82 Å². The van der Waals surface area contributed by atoms with Crippen molar-refractivity contribution in [1.82, 2.24) is 15.1 Å². The lowest BCUT2D eigenvalue weighted by molar-refractivity contribution is -0.136. The maximum atomic E-state index is 13.1. The van der Waals surface area contributed by atoms with Gasteiger partial charge in [-0.25, -0.2) is 9.48 Å². The van der Waals surface area contributed by atoms with Gasteiger partial charge in [0, 0.05) is 29.2 Å². The third-order valence-corrected chi connectivity index (χ3v) is 5.61. The van der Waals surface area contributed by atoms with Gasteiger partial charge >= 0.3 is 12.0 Å². The zero-order chi connectivity index (χ0) is 26.9. The Kier molecular flexibility index (Phi) is 10.0. The molecule has 0 saturated carbocycles. The molecule has 0 aliphatic rings. The first kappa shape index (κ1) is 28.4. The number of aliphatic carboxylic acids is 1. The van der Waals surface area contributed by atoms with Crippen molar-refractivity contribution in [3.63, 3.8) is 0 Å². The zero-order valence-corrected chi connectivity index (χ0v) is 22.2. The number of hydrogen-bond donors (Lipinski definition) is 3. The molecule has 0 spiro atoms. The van der Waals surface area contributed by atoms with E-state index in [1.165, 1.54) is 0 Å². The van der Waals surface area contributed by atoms with Crippen molar-refractivity contribution in [2.75, 3.05) is 5.32 Å². The predicted octanol–water partition coefficient (Wildman–Crippen LogP) is 6.68. The first-order valence-corrected chi connectivity index (χ1v) is 12.2. The fourth-order valence-corrected chi connectivity index (χ4v) is 3.43. The van der Waals surface area contributed by atoms with Crippen LogP contribution in [0.15, 0.2) is 78.1 Å². The number of carbonyl (C=O) groups excluding carboxylic acids is 1. The smallest absolute Gasteiger partial charge is 0.324 e. The van der Waals surface area contributed by atoms with E-state index in [-0.39, 0.29) is 17.9 Å². The number of rotatable bonds is 10. The fraction of sp³-hybridized carbons (Fsp3) is 0.345. The number of nitrogens with one attached hydrogen (secondary N) is 2. The minimum Gasteiger partial charge on any atom is -0.481 e. The van der Waals surface area contributed by atoms with Crippen LogP contribution in [0.3, 0.4) is 0 Å². The summed E-state index contributed by atoms with van der Waals surface area (Å²) in [7, 11) is 0. The highest BCUT2D eigenvalue weighted by Crippen LogP contribution is 2.27. The molecule has 192 valence electrons. The van der Waals surface area contributed by atoms with Gasteiger partial charge in [0.15, 0.2) is 0 Å². The molecule has 7 nitrogen and oxygen atoms in total. The Bertz CT molecular complexity index is 1180. The Morgan fingerprint density at radius 2 is 1.86 bits per heavy atom. The molecule has 0 aliphatic heterocycles. The number of anilines is 1. The molecule has 0 atom stereocenters. The van der Waals surface area contributed by atoms with Crippen LogP contribution in [-0.4, -0.2) is 26.9 Å². The molecule has 0 bridgehead atoms. The summed E-state index contributed by atoms with van der Waals surface area (Å²) < 4.78 is 1.69. The Labute approximate surface area is 214 Å². The molecule has 0 radical (unpaired) electrons. The summed E-state index contributed by atoms with van der Waals surface area (Å²) in [5.74, 6) is -0.299. The summed E-state index contributed by atoms with van der Waals surface area (Å²) in [4.78, 5) is 24.0. The number of carboxylic acid groups (broad SMARTS) is 1. The molecule has 1 aromatic heterocycles.